The molecule has 3 rings (SSSR count). The summed E-state index contributed by atoms with van der Waals surface area (Å²) in [5.41, 5.74) is 1.68. The van der Waals surface area contributed by atoms with Crippen molar-refractivity contribution >= 4 is 21.6 Å². The van der Waals surface area contributed by atoms with E-state index in [0.717, 1.165) is 11.1 Å². The van der Waals surface area contributed by atoms with Gasteiger partial charge in [-0.15, -0.1) is 0 Å². The Morgan fingerprint density at radius 1 is 0.931 bits per heavy atom. The van der Waals surface area contributed by atoms with Gasteiger partial charge in [-0.05, 0) is 43.2 Å². The molecule has 3 aromatic rings. The molecule has 0 radical (unpaired) electrons. The van der Waals surface area contributed by atoms with E-state index >= 15 is 0 Å². The van der Waals surface area contributed by atoms with Crippen molar-refractivity contribution in [1.29, 1.82) is 0 Å². The molecule has 0 unspecified atom stereocenters. The summed E-state index contributed by atoms with van der Waals surface area (Å²) in [6, 6.07) is 19.9. The van der Waals surface area contributed by atoms with Crippen LogP contribution in [0.4, 0.5) is 10.1 Å². The zero-order valence-corrected chi connectivity index (χ0v) is 16.6. The number of hydrogen-bond acceptors (Lipinski definition) is 3. The summed E-state index contributed by atoms with van der Waals surface area (Å²) in [6.07, 6.45) is 0.117. The number of carbonyl (C=O) groups is 1. The Morgan fingerprint density at radius 3 is 2.21 bits per heavy atom. The van der Waals surface area contributed by atoms with Gasteiger partial charge in [0.05, 0.1) is 10.6 Å². The normalized spacial score (nSPS) is 12.3. The molecule has 0 bridgehead atoms. The minimum atomic E-state index is -3.95. The number of hydrogen-bond donors (Lipinski definition) is 2. The van der Waals surface area contributed by atoms with Gasteiger partial charge >= 0.3 is 0 Å². The molecule has 0 aromatic heterocycles. The van der Waals surface area contributed by atoms with Crippen LogP contribution in [0.5, 0.6) is 0 Å². The minimum absolute atomic E-state index is 0.00917. The van der Waals surface area contributed by atoms with Crippen LogP contribution in [-0.2, 0) is 21.2 Å². The standard InChI is InChI=1S/C22H21FN2O3S/c1-16-11-13-18(14-12-16)29(27,28)25-21(15-17-7-3-2-4-8-17)22(26)24-20-10-6-5-9-19(20)23/h2-14,21,25H,15H2,1H3,(H,24,26)/t21-/m1/s1. The van der Waals surface area contributed by atoms with Gasteiger partial charge in [-0.2, -0.15) is 4.72 Å². The summed E-state index contributed by atoms with van der Waals surface area (Å²) in [5, 5.41) is 2.47. The molecule has 2 N–H and O–H groups in total. The highest BCUT2D eigenvalue weighted by Gasteiger charge is 2.26. The second kappa shape index (κ2) is 8.98. The van der Waals surface area contributed by atoms with Gasteiger partial charge in [-0.3, -0.25) is 4.79 Å². The molecule has 3 aromatic carbocycles. The molecular formula is C22H21FN2O3S. The van der Waals surface area contributed by atoms with Gasteiger partial charge in [-0.25, -0.2) is 12.8 Å². The van der Waals surface area contributed by atoms with E-state index in [1.54, 1.807) is 42.5 Å². The third-order valence-corrected chi connectivity index (χ3v) is 5.85. The lowest BCUT2D eigenvalue weighted by Gasteiger charge is -2.19. The fourth-order valence-electron chi connectivity index (χ4n) is 2.79. The van der Waals surface area contributed by atoms with E-state index in [2.05, 4.69) is 10.0 Å². The SMILES string of the molecule is Cc1ccc(S(=O)(=O)N[C@H](Cc2ccccc2)C(=O)Nc2ccccc2F)cc1. The van der Waals surface area contributed by atoms with Gasteiger partial charge in [0.25, 0.3) is 0 Å². The fourth-order valence-corrected chi connectivity index (χ4v) is 3.99. The number of sulfonamides is 1. The molecule has 5 nitrogen and oxygen atoms in total. The van der Waals surface area contributed by atoms with Gasteiger partial charge in [0.2, 0.25) is 15.9 Å². The monoisotopic (exact) mass is 412 g/mol. The topological polar surface area (TPSA) is 75.3 Å². The molecule has 29 heavy (non-hydrogen) atoms. The second-order valence-corrected chi connectivity index (χ2v) is 8.36. The van der Waals surface area contributed by atoms with Crippen molar-refractivity contribution in [1.82, 2.24) is 4.72 Å². The number of halogens is 1. The van der Waals surface area contributed by atoms with Crippen LogP contribution in [0.25, 0.3) is 0 Å². The molecule has 0 spiro atoms. The molecular weight excluding hydrogens is 391 g/mol. The van der Waals surface area contributed by atoms with Crippen molar-refractivity contribution in [2.75, 3.05) is 5.32 Å². The Morgan fingerprint density at radius 2 is 1.55 bits per heavy atom. The van der Waals surface area contributed by atoms with Crippen LogP contribution < -0.4 is 10.0 Å². The largest absolute Gasteiger partial charge is 0.322 e. The van der Waals surface area contributed by atoms with Crippen molar-refractivity contribution in [2.45, 2.75) is 24.3 Å². The van der Waals surface area contributed by atoms with E-state index in [0.29, 0.717) is 0 Å². The number of rotatable bonds is 7. The van der Waals surface area contributed by atoms with Gasteiger partial charge in [0, 0.05) is 0 Å². The first-order valence-electron chi connectivity index (χ1n) is 9.03. The maximum atomic E-state index is 13.9. The first kappa shape index (κ1) is 20.7. The summed E-state index contributed by atoms with van der Waals surface area (Å²) in [4.78, 5) is 12.9. The maximum absolute atomic E-state index is 13.9. The smallest absolute Gasteiger partial charge is 0.242 e. The lowest BCUT2D eigenvalue weighted by atomic mass is 10.1. The van der Waals surface area contributed by atoms with Crippen molar-refractivity contribution in [3.05, 3.63) is 95.8 Å². The highest BCUT2D eigenvalue weighted by Crippen LogP contribution is 2.16. The zero-order chi connectivity index (χ0) is 20.9. The molecule has 0 aliphatic carbocycles. The molecule has 0 aliphatic heterocycles. The molecule has 1 amide bonds. The first-order chi connectivity index (χ1) is 13.8. The van der Waals surface area contributed by atoms with E-state index in [1.807, 2.05) is 13.0 Å². The predicted molar refractivity (Wildman–Crippen MR) is 110 cm³/mol. The van der Waals surface area contributed by atoms with Crippen molar-refractivity contribution in [3.63, 3.8) is 0 Å². The molecule has 150 valence electrons. The quantitative estimate of drug-likeness (QED) is 0.622. The van der Waals surface area contributed by atoms with E-state index in [1.165, 1.54) is 30.3 Å². The first-order valence-corrected chi connectivity index (χ1v) is 10.5. The lowest BCUT2D eigenvalue weighted by Crippen LogP contribution is -2.45. The van der Waals surface area contributed by atoms with Gasteiger partial charge < -0.3 is 5.32 Å². The van der Waals surface area contributed by atoms with Crippen LogP contribution in [0.15, 0.2) is 83.8 Å². The number of amides is 1. The molecule has 7 heteroatoms. The van der Waals surface area contributed by atoms with Crippen LogP contribution in [0.1, 0.15) is 11.1 Å². The summed E-state index contributed by atoms with van der Waals surface area (Å²) in [7, 11) is -3.95. The third-order valence-electron chi connectivity index (χ3n) is 4.36. The Labute approximate surface area is 169 Å². The van der Waals surface area contributed by atoms with Gasteiger partial charge in [0.15, 0.2) is 0 Å². The number of nitrogens with one attached hydrogen (secondary N) is 2. The van der Waals surface area contributed by atoms with E-state index in [4.69, 9.17) is 0 Å². The Bertz CT molecular complexity index is 1080. The van der Waals surface area contributed by atoms with Crippen LogP contribution >= 0.6 is 0 Å². The number of anilines is 1. The van der Waals surface area contributed by atoms with Crippen molar-refractivity contribution in [2.24, 2.45) is 0 Å². The number of aryl methyl sites for hydroxylation is 1. The van der Waals surface area contributed by atoms with Crippen molar-refractivity contribution in [3.8, 4) is 0 Å². The van der Waals surface area contributed by atoms with E-state index in [9.17, 15) is 17.6 Å². The van der Waals surface area contributed by atoms with Gasteiger partial charge in [-0.1, -0.05) is 60.2 Å². The second-order valence-electron chi connectivity index (χ2n) is 6.65. The van der Waals surface area contributed by atoms with Crippen LogP contribution in [0, 0.1) is 12.7 Å². The Kier molecular flexibility index (Phi) is 6.41. The van der Waals surface area contributed by atoms with Crippen molar-refractivity contribution < 1.29 is 17.6 Å². The van der Waals surface area contributed by atoms with E-state index < -0.39 is 27.8 Å². The average molecular weight is 412 g/mol. The molecule has 0 aliphatic rings. The minimum Gasteiger partial charge on any atom is -0.322 e. The van der Waals surface area contributed by atoms with E-state index in [-0.39, 0.29) is 17.0 Å². The summed E-state index contributed by atoms with van der Waals surface area (Å²) < 4.78 is 42.0. The highest BCUT2D eigenvalue weighted by molar-refractivity contribution is 7.89. The van der Waals surface area contributed by atoms with Crippen LogP contribution in [-0.4, -0.2) is 20.4 Å². The average Bonchev–Trinajstić information content (AvgIpc) is 2.70. The predicted octanol–water partition coefficient (Wildman–Crippen LogP) is 3.66. The Hall–Kier alpha value is -3.03. The molecule has 0 fully saturated rings. The fraction of sp³-hybridized carbons (Fsp3) is 0.136. The van der Waals surface area contributed by atoms with Crippen LogP contribution in [0.2, 0.25) is 0 Å². The summed E-state index contributed by atoms with van der Waals surface area (Å²) in [6.45, 7) is 1.85. The molecule has 1 atom stereocenters. The molecule has 0 saturated carbocycles. The summed E-state index contributed by atoms with van der Waals surface area (Å²) in [5.74, 6) is -1.24. The lowest BCUT2D eigenvalue weighted by molar-refractivity contribution is -0.117. The summed E-state index contributed by atoms with van der Waals surface area (Å²) >= 11 is 0. The number of carbonyl (C=O) groups excluding carboxylic acids is 1. The molecule has 0 heterocycles. The highest BCUT2D eigenvalue weighted by atomic mass is 32.2. The van der Waals surface area contributed by atoms with Crippen LogP contribution in [0.3, 0.4) is 0 Å². The maximum Gasteiger partial charge on any atom is 0.242 e. The zero-order valence-electron chi connectivity index (χ0n) is 15.8. The molecule has 0 saturated heterocycles. The number of benzene rings is 3. The van der Waals surface area contributed by atoms with Gasteiger partial charge in [0.1, 0.15) is 11.9 Å². The third kappa shape index (κ3) is 5.49. The number of para-hydroxylation sites is 1. The Balaban J connectivity index is 1.87.